The number of phenolic OH excluding ortho intramolecular Hbond substituents is 2. The van der Waals surface area contributed by atoms with E-state index in [-0.39, 0.29) is 40.7 Å². The maximum absolute atomic E-state index is 13.0. The van der Waals surface area contributed by atoms with Gasteiger partial charge in [0.1, 0.15) is 17.4 Å². The normalized spacial score (nSPS) is 25.2. The van der Waals surface area contributed by atoms with Crippen LogP contribution in [0.15, 0.2) is 24.3 Å². The zero-order valence-corrected chi connectivity index (χ0v) is 15.3. The van der Waals surface area contributed by atoms with Crippen molar-refractivity contribution < 1.29 is 39.9 Å². The minimum Gasteiger partial charge on any atom is -0.507 e. The summed E-state index contributed by atoms with van der Waals surface area (Å²) in [6.07, 6.45) is -1.78. The highest BCUT2D eigenvalue weighted by Crippen LogP contribution is 2.51. The van der Waals surface area contributed by atoms with Crippen molar-refractivity contribution in [2.45, 2.75) is 37.4 Å². The second kappa shape index (κ2) is 6.13. The molecule has 0 spiro atoms. The van der Waals surface area contributed by atoms with E-state index in [0.717, 1.165) is 6.07 Å². The van der Waals surface area contributed by atoms with E-state index in [9.17, 15) is 39.9 Å². The van der Waals surface area contributed by atoms with Gasteiger partial charge in [0.2, 0.25) is 5.78 Å². The van der Waals surface area contributed by atoms with E-state index in [1.807, 2.05) is 0 Å². The number of carbonyl (C=O) groups is 3. The fourth-order valence-corrected chi connectivity index (χ4v) is 4.50. The minimum absolute atomic E-state index is 0.0158. The molecule has 0 bridgehead atoms. The van der Waals surface area contributed by atoms with Gasteiger partial charge in [-0.15, -0.1) is 0 Å². The van der Waals surface area contributed by atoms with Crippen molar-refractivity contribution in [2.75, 3.05) is 0 Å². The first-order valence-corrected chi connectivity index (χ1v) is 9.06. The number of phenols is 2. The lowest BCUT2D eigenvalue weighted by Gasteiger charge is -2.41. The second-order valence-corrected chi connectivity index (χ2v) is 7.46. The topological polar surface area (TPSA) is 152 Å². The largest absolute Gasteiger partial charge is 0.507 e. The van der Waals surface area contributed by atoms with Crippen LogP contribution in [0.2, 0.25) is 0 Å². The highest BCUT2D eigenvalue weighted by molar-refractivity contribution is 6.30. The quantitative estimate of drug-likeness (QED) is 0.437. The molecule has 5 N–H and O–H groups in total. The molecule has 0 unspecified atom stereocenters. The Kier molecular flexibility index (Phi) is 4.04. The molecule has 0 saturated heterocycles. The monoisotopic (exact) mass is 398 g/mol. The average molecular weight is 398 g/mol. The Morgan fingerprint density at radius 2 is 1.83 bits per heavy atom. The Morgan fingerprint density at radius 3 is 2.45 bits per heavy atom. The van der Waals surface area contributed by atoms with Gasteiger partial charge in [0.15, 0.2) is 5.78 Å². The molecule has 0 aromatic heterocycles. The predicted molar refractivity (Wildman–Crippen MR) is 98.3 cm³/mol. The van der Waals surface area contributed by atoms with Gasteiger partial charge in [-0.25, -0.2) is 0 Å². The summed E-state index contributed by atoms with van der Waals surface area (Å²) in [6, 6.07) is 5.13. The maximum atomic E-state index is 13.0. The highest BCUT2D eigenvalue weighted by atomic mass is 16.4. The second-order valence-electron chi connectivity index (χ2n) is 7.46. The Balaban J connectivity index is 2.05. The van der Waals surface area contributed by atoms with Crippen LogP contribution in [0, 0.1) is 0 Å². The third-order valence-electron chi connectivity index (χ3n) is 5.95. The number of fused-ring (bicyclic) bond motifs is 3. The zero-order chi connectivity index (χ0) is 21.2. The van der Waals surface area contributed by atoms with Crippen LogP contribution in [0.1, 0.15) is 74.8 Å². The minimum atomic E-state index is -1.79. The van der Waals surface area contributed by atoms with Gasteiger partial charge in [-0.3, -0.25) is 14.4 Å². The lowest BCUT2D eigenvalue weighted by molar-refractivity contribution is -0.149. The van der Waals surface area contributed by atoms with Crippen LogP contribution in [-0.4, -0.2) is 48.7 Å². The molecule has 0 saturated carbocycles. The fraction of sp³-hybridized carbons (Fsp3) is 0.286. The fourth-order valence-electron chi connectivity index (χ4n) is 4.50. The van der Waals surface area contributed by atoms with E-state index in [4.69, 9.17) is 0 Å². The van der Waals surface area contributed by atoms with Gasteiger partial charge >= 0.3 is 5.97 Å². The standard InChI is InChI=1S/C21H18O8/c1-2-21(29)7-12(23)14-9(16(21)20(27)28)6-10-15(19(14)26)18(25)13-8(17(10)24)4-3-5-11(13)22/h3-6,12,16,22-23,26,29H,2,7H2,1H3,(H,27,28)/t12-,16-,21+/m0/s1. The van der Waals surface area contributed by atoms with Crippen molar-refractivity contribution in [3.63, 3.8) is 0 Å². The van der Waals surface area contributed by atoms with E-state index in [1.165, 1.54) is 18.2 Å². The molecule has 4 rings (SSSR count). The van der Waals surface area contributed by atoms with Gasteiger partial charge in [0, 0.05) is 23.1 Å². The number of aliphatic hydroxyl groups excluding tert-OH is 1. The number of carboxylic acid groups (broad SMARTS) is 1. The van der Waals surface area contributed by atoms with Crippen LogP contribution in [-0.2, 0) is 4.79 Å². The summed E-state index contributed by atoms with van der Waals surface area (Å²) in [5, 5.41) is 52.0. The first-order chi connectivity index (χ1) is 13.6. The average Bonchev–Trinajstić information content (AvgIpc) is 2.64. The lowest BCUT2D eigenvalue weighted by atomic mass is 9.67. The Morgan fingerprint density at radius 1 is 1.14 bits per heavy atom. The molecule has 0 radical (unpaired) electrons. The molecule has 0 heterocycles. The molecule has 29 heavy (non-hydrogen) atoms. The summed E-state index contributed by atoms with van der Waals surface area (Å²) in [6.45, 7) is 1.57. The first kappa shape index (κ1) is 19.1. The molecule has 0 aliphatic heterocycles. The molecule has 8 nitrogen and oxygen atoms in total. The van der Waals surface area contributed by atoms with Crippen molar-refractivity contribution in [2.24, 2.45) is 0 Å². The van der Waals surface area contributed by atoms with Gasteiger partial charge in [-0.1, -0.05) is 19.1 Å². The third-order valence-corrected chi connectivity index (χ3v) is 5.95. The van der Waals surface area contributed by atoms with Crippen molar-refractivity contribution in [3.8, 4) is 11.5 Å². The molecule has 3 atom stereocenters. The first-order valence-electron chi connectivity index (χ1n) is 9.06. The number of aliphatic carboxylic acids is 1. The number of hydrogen-bond acceptors (Lipinski definition) is 7. The number of hydrogen-bond donors (Lipinski definition) is 5. The summed E-state index contributed by atoms with van der Waals surface area (Å²) in [7, 11) is 0. The Hall–Kier alpha value is -3.23. The maximum Gasteiger partial charge on any atom is 0.313 e. The molecule has 8 heteroatoms. The van der Waals surface area contributed by atoms with Gasteiger partial charge in [-0.05, 0) is 24.1 Å². The van der Waals surface area contributed by atoms with E-state index >= 15 is 0 Å². The Labute approximate surface area is 164 Å². The highest BCUT2D eigenvalue weighted by Gasteiger charge is 2.50. The van der Waals surface area contributed by atoms with Crippen LogP contribution in [0.3, 0.4) is 0 Å². The molecule has 2 aromatic rings. The molecule has 2 aliphatic carbocycles. The van der Waals surface area contributed by atoms with E-state index in [1.54, 1.807) is 6.92 Å². The SMILES string of the molecule is CC[C@@]1(O)C[C@H](O)c2c(cc3c(c2O)C(=O)c2c(O)cccc2C3=O)[C@H]1C(=O)O. The van der Waals surface area contributed by atoms with Crippen LogP contribution < -0.4 is 0 Å². The van der Waals surface area contributed by atoms with Gasteiger partial charge in [0.25, 0.3) is 0 Å². The van der Waals surface area contributed by atoms with Crippen LogP contribution >= 0.6 is 0 Å². The molecular formula is C21H18O8. The number of carbonyl (C=O) groups excluding carboxylic acids is 2. The lowest BCUT2D eigenvalue weighted by Crippen LogP contribution is -2.45. The van der Waals surface area contributed by atoms with Crippen LogP contribution in [0.25, 0.3) is 0 Å². The number of rotatable bonds is 2. The van der Waals surface area contributed by atoms with Crippen molar-refractivity contribution in [1.29, 1.82) is 0 Å². The van der Waals surface area contributed by atoms with Crippen molar-refractivity contribution in [1.82, 2.24) is 0 Å². The van der Waals surface area contributed by atoms with Crippen LogP contribution in [0.5, 0.6) is 11.5 Å². The summed E-state index contributed by atoms with van der Waals surface area (Å²) in [5.74, 6) is -5.49. The molecular weight excluding hydrogens is 380 g/mol. The predicted octanol–water partition coefficient (Wildman–Crippen LogP) is 1.62. The molecule has 0 fully saturated rings. The summed E-state index contributed by atoms with van der Waals surface area (Å²) in [5.41, 5.74) is -3.07. The smallest absolute Gasteiger partial charge is 0.313 e. The Bertz CT molecular complexity index is 1100. The number of benzene rings is 2. The van der Waals surface area contributed by atoms with Gasteiger partial charge in [-0.2, -0.15) is 0 Å². The van der Waals surface area contributed by atoms with E-state index in [0.29, 0.717) is 0 Å². The zero-order valence-electron chi connectivity index (χ0n) is 15.3. The van der Waals surface area contributed by atoms with Crippen LogP contribution in [0.4, 0.5) is 0 Å². The van der Waals surface area contributed by atoms with Crippen molar-refractivity contribution in [3.05, 3.63) is 57.6 Å². The van der Waals surface area contributed by atoms with Gasteiger partial charge < -0.3 is 25.5 Å². The number of ketones is 2. The molecule has 0 amide bonds. The summed E-state index contributed by atoms with van der Waals surface area (Å²) < 4.78 is 0. The summed E-state index contributed by atoms with van der Waals surface area (Å²) in [4.78, 5) is 37.9. The molecule has 2 aliphatic rings. The molecule has 150 valence electrons. The number of aromatic hydroxyl groups is 2. The number of aliphatic hydroxyl groups is 2. The van der Waals surface area contributed by atoms with E-state index < -0.39 is 52.2 Å². The van der Waals surface area contributed by atoms with E-state index in [2.05, 4.69) is 0 Å². The van der Waals surface area contributed by atoms with Crippen molar-refractivity contribution >= 4 is 17.5 Å². The number of carboxylic acids is 1. The summed E-state index contributed by atoms with van der Waals surface area (Å²) >= 11 is 0. The third kappa shape index (κ3) is 2.43. The van der Waals surface area contributed by atoms with Gasteiger partial charge in [0.05, 0.1) is 22.8 Å². The molecule has 2 aromatic carbocycles.